The number of hydrogen-bond donors (Lipinski definition) is 1. The lowest BCUT2D eigenvalue weighted by molar-refractivity contribution is -0.128. The van der Waals surface area contributed by atoms with Crippen molar-refractivity contribution in [2.45, 2.75) is 31.7 Å². The van der Waals surface area contributed by atoms with Crippen LogP contribution in [0.3, 0.4) is 0 Å². The van der Waals surface area contributed by atoms with E-state index < -0.39 is 0 Å². The molecule has 5 heteroatoms. The number of rotatable bonds is 5. The zero-order chi connectivity index (χ0) is 18.1. The van der Waals surface area contributed by atoms with Crippen LogP contribution < -0.4 is 5.32 Å². The third-order valence-electron chi connectivity index (χ3n) is 5.14. The second-order valence-corrected chi connectivity index (χ2v) is 7.55. The molecule has 4 nitrogen and oxygen atoms in total. The molecule has 2 aliphatic rings. The molecule has 2 fully saturated rings. The van der Waals surface area contributed by atoms with Crippen LogP contribution in [-0.4, -0.2) is 23.3 Å². The van der Waals surface area contributed by atoms with Gasteiger partial charge in [-0.15, -0.1) is 0 Å². The van der Waals surface area contributed by atoms with Crippen LogP contribution >= 0.6 is 11.6 Å². The molecule has 26 heavy (non-hydrogen) atoms. The summed E-state index contributed by atoms with van der Waals surface area (Å²) in [5, 5.41) is 3.73. The molecule has 0 radical (unpaired) electrons. The van der Waals surface area contributed by atoms with Gasteiger partial charge in [0, 0.05) is 36.1 Å². The van der Waals surface area contributed by atoms with Crippen LogP contribution in [0.25, 0.3) is 0 Å². The summed E-state index contributed by atoms with van der Waals surface area (Å²) in [7, 11) is 0. The number of hydrogen-bond acceptors (Lipinski definition) is 2. The largest absolute Gasteiger partial charge is 0.338 e. The van der Waals surface area contributed by atoms with E-state index in [2.05, 4.69) is 5.32 Å². The standard InChI is InChI=1S/C21H21ClN2O2/c22-16-6-2-5-15(11-16)18-12-19(18)21(26)23-17-7-1-4-14(10-17)13-24-9-3-8-20(24)25/h1-2,4-7,10-11,18-19H,3,8-9,12-13H2,(H,23,26)/t18-,19-/m1/s1. The van der Waals surface area contributed by atoms with E-state index in [1.54, 1.807) is 0 Å². The van der Waals surface area contributed by atoms with Crippen LogP contribution in [0.4, 0.5) is 5.69 Å². The number of halogens is 1. The molecule has 2 atom stereocenters. The Hall–Kier alpha value is -2.33. The Morgan fingerprint density at radius 3 is 2.81 bits per heavy atom. The molecule has 2 amide bonds. The van der Waals surface area contributed by atoms with E-state index in [-0.39, 0.29) is 23.7 Å². The predicted octanol–water partition coefficient (Wildman–Crippen LogP) is 4.20. The van der Waals surface area contributed by atoms with Crippen LogP contribution in [0, 0.1) is 5.92 Å². The maximum absolute atomic E-state index is 12.5. The minimum atomic E-state index is -0.00252. The maximum Gasteiger partial charge on any atom is 0.228 e. The number of anilines is 1. The van der Waals surface area contributed by atoms with E-state index >= 15 is 0 Å². The summed E-state index contributed by atoms with van der Waals surface area (Å²) in [4.78, 5) is 26.2. The number of likely N-dealkylation sites (tertiary alicyclic amines) is 1. The highest BCUT2D eigenvalue weighted by Crippen LogP contribution is 2.48. The maximum atomic E-state index is 12.5. The number of amides is 2. The van der Waals surface area contributed by atoms with Crippen LogP contribution in [0.5, 0.6) is 0 Å². The van der Waals surface area contributed by atoms with Gasteiger partial charge in [-0.2, -0.15) is 0 Å². The normalized spacial score (nSPS) is 21.7. The first-order chi connectivity index (χ1) is 12.6. The number of nitrogens with one attached hydrogen (secondary N) is 1. The Labute approximate surface area is 158 Å². The quantitative estimate of drug-likeness (QED) is 0.859. The Bertz CT molecular complexity index is 851. The lowest BCUT2D eigenvalue weighted by atomic mass is 10.1. The van der Waals surface area contributed by atoms with Gasteiger partial charge in [0.2, 0.25) is 11.8 Å². The fourth-order valence-corrected chi connectivity index (χ4v) is 3.86. The lowest BCUT2D eigenvalue weighted by Gasteiger charge is -2.16. The van der Waals surface area contributed by atoms with Crippen molar-refractivity contribution in [1.29, 1.82) is 0 Å². The van der Waals surface area contributed by atoms with Crippen molar-refractivity contribution in [3.8, 4) is 0 Å². The summed E-state index contributed by atoms with van der Waals surface area (Å²) in [6.07, 6.45) is 2.43. The average molecular weight is 369 g/mol. The van der Waals surface area contributed by atoms with Gasteiger partial charge < -0.3 is 10.2 Å². The van der Waals surface area contributed by atoms with E-state index in [4.69, 9.17) is 11.6 Å². The average Bonchev–Trinajstić information content (AvgIpc) is 3.33. The minimum absolute atomic E-state index is 0.00252. The summed E-state index contributed by atoms with van der Waals surface area (Å²) in [6.45, 7) is 1.43. The molecule has 1 aliphatic carbocycles. The molecule has 2 aromatic carbocycles. The summed E-state index contributed by atoms with van der Waals surface area (Å²) < 4.78 is 0. The van der Waals surface area contributed by atoms with E-state index in [0.717, 1.165) is 36.2 Å². The molecule has 0 spiro atoms. The monoisotopic (exact) mass is 368 g/mol. The van der Waals surface area contributed by atoms with Gasteiger partial charge in [-0.05, 0) is 54.2 Å². The second kappa shape index (κ2) is 7.12. The predicted molar refractivity (Wildman–Crippen MR) is 102 cm³/mol. The summed E-state index contributed by atoms with van der Waals surface area (Å²) in [5.41, 5.74) is 2.95. The molecule has 1 aliphatic heterocycles. The van der Waals surface area contributed by atoms with Gasteiger partial charge in [-0.3, -0.25) is 9.59 Å². The van der Waals surface area contributed by atoms with Crippen LogP contribution in [0.15, 0.2) is 48.5 Å². The van der Waals surface area contributed by atoms with Gasteiger partial charge >= 0.3 is 0 Å². The van der Waals surface area contributed by atoms with E-state index in [1.807, 2.05) is 53.4 Å². The number of nitrogens with zero attached hydrogens (tertiary/aromatic N) is 1. The van der Waals surface area contributed by atoms with Crippen molar-refractivity contribution in [3.05, 3.63) is 64.7 Å². The SMILES string of the molecule is O=C(Nc1cccc(CN2CCCC2=O)c1)[C@@H]1C[C@@H]1c1cccc(Cl)c1. The van der Waals surface area contributed by atoms with E-state index in [0.29, 0.717) is 18.0 Å². The minimum Gasteiger partial charge on any atom is -0.338 e. The van der Waals surface area contributed by atoms with Crippen molar-refractivity contribution >= 4 is 29.1 Å². The number of carbonyl (C=O) groups is 2. The van der Waals surface area contributed by atoms with Crippen molar-refractivity contribution < 1.29 is 9.59 Å². The van der Waals surface area contributed by atoms with Crippen LogP contribution in [-0.2, 0) is 16.1 Å². The fourth-order valence-electron chi connectivity index (χ4n) is 3.66. The molecule has 1 saturated heterocycles. The summed E-state index contributed by atoms with van der Waals surface area (Å²) in [5.74, 6) is 0.502. The molecule has 1 heterocycles. The fraction of sp³-hybridized carbons (Fsp3) is 0.333. The number of benzene rings is 2. The first-order valence-corrected chi connectivity index (χ1v) is 9.41. The zero-order valence-electron chi connectivity index (χ0n) is 14.5. The number of carbonyl (C=O) groups excluding carboxylic acids is 2. The lowest BCUT2D eigenvalue weighted by Crippen LogP contribution is -2.23. The zero-order valence-corrected chi connectivity index (χ0v) is 15.2. The van der Waals surface area contributed by atoms with Crippen molar-refractivity contribution in [2.24, 2.45) is 5.92 Å². The molecule has 134 valence electrons. The third kappa shape index (κ3) is 3.75. The molecular weight excluding hydrogens is 348 g/mol. The Balaban J connectivity index is 1.38. The first kappa shape index (κ1) is 17.1. The molecular formula is C21H21ClN2O2. The molecule has 0 bridgehead atoms. The van der Waals surface area contributed by atoms with Crippen molar-refractivity contribution in [3.63, 3.8) is 0 Å². The molecule has 0 aromatic heterocycles. The summed E-state index contributed by atoms with van der Waals surface area (Å²) in [6, 6.07) is 15.5. The van der Waals surface area contributed by atoms with Gasteiger partial charge in [0.1, 0.15) is 0 Å². The smallest absolute Gasteiger partial charge is 0.228 e. The highest BCUT2D eigenvalue weighted by atomic mass is 35.5. The highest BCUT2D eigenvalue weighted by Gasteiger charge is 2.44. The van der Waals surface area contributed by atoms with Gasteiger partial charge in [-0.25, -0.2) is 0 Å². The van der Waals surface area contributed by atoms with Crippen molar-refractivity contribution in [2.75, 3.05) is 11.9 Å². The van der Waals surface area contributed by atoms with Gasteiger partial charge in [-0.1, -0.05) is 35.9 Å². The Kier molecular flexibility index (Phi) is 4.68. The molecule has 2 aromatic rings. The Morgan fingerprint density at radius 1 is 1.19 bits per heavy atom. The van der Waals surface area contributed by atoms with Gasteiger partial charge in [0.05, 0.1) is 0 Å². The topological polar surface area (TPSA) is 49.4 Å². The molecule has 4 rings (SSSR count). The highest BCUT2D eigenvalue weighted by molar-refractivity contribution is 6.30. The summed E-state index contributed by atoms with van der Waals surface area (Å²) >= 11 is 6.04. The third-order valence-corrected chi connectivity index (χ3v) is 5.38. The molecule has 1 saturated carbocycles. The molecule has 1 N–H and O–H groups in total. The van der Waals surface area contributed by atoms with E-state index in [1.165, 1.54) is 0 Å². The van der Waals surface area contributed by atoms with Crippen LogP contribution in [0.1, 0.15) is 36.3 Å². The first-order valence-electron chi connectivity index (χ1n) is 9.03. The van der Waals surface area contributed by atoms with Crippen LogP contribution in [0.2, 0.25) is 5.02 Å². The second-order valence-electron chi connectivity index (χ2n) is 7.11. The van der Waals surface area contributed by atoms with E-state index in [9.17, 15) is 9.59 Å². The van der Waals surface area contributed by atoms with Gasteiger partial charge in [0.25, 0.3) is 0 Å². The molecule has 0 unspecified atom stereocenters. The Morgan fingerprint density at radius 2 is 2.04 bits per heavy atom. The van der Waals surface area contributed by atoms with Crippen molar-refractivity contribution in [1.82, 2.24) is 4.90 Å². The van der Waals surface area contributed by atoms with Gasteiger partial charge in [0.15, 0.2) is 0 Å².